The molecule has 1 aliphatic heterocycles. The Hall–Kier alpha value is -1.27. The molecule has 2 atom stereocenters. The minimum atomic E-state index is -4.35. The summed E-state index contributed by atoms with van der Waals surface area (Å²) in [6.45, 7) is 0.297. The molecule has 0 aliphatic carbocycles. The van der Waals surface area contributed by atoms with Crippen molar-refractivity contribution in [3.63, 3.8) is 0 Å². The topological polar surface area (TPSA) is 104 Å². The maximum absolute atomic E-state index is 12.8. The third-order valence-corrected chi connectivity index (χ3v) is 4.89. The van der Waals surface area contributed by atoms with Crippen molar-refractivity contribution in [1.29, 1.82) is 0 Å². The summed E-state index contributed by atoms with van der Waals surface area (Å²) < 4.78 is 24.2. The summed E-state index contributed by atoms with van der Waals surface area (Å²) in [6, 6.07) is 4.73. The van der Waals surface area contributed by atoms with Crippen LogP contribution >= 0.6 is 7.60 Å². The highest BCUT2D eigenvalue weighted by Gasteiger charge is 2.41. The minimum Gasteiger partial charge on any atom is -0.327 e. The van der Waals surface area contributed by atoms with E-state index in [1.807, 2.05) is 0 Å². The van der Waals surface area contributed by atoms with Crippen molar-refractivity contribution >= 4 is 13.5 Å². The van der Waals surface area contributed by atoms with Gasteiger partial charge in [0.2, 0.25) is 5.91 Å². The van der Waals surface area contributed by atoms with E-state index in [0.717, 1.165) is 0 Å². The van der Waals surface area contributed by atoms with E-state index in [9.17, 15) is 23.5 Å². The molecule has 116 valence electrons. The Morgan fingerprint density at radius 1 is 1.43 bits per heavy atom. The summed E-state index contributed by atoms with van der Waals surface area (Å²) in [5.41, 5.74) is 6.53. The molecule has 0 bridgehead atoms. The Morgan fingerprint density at radius 2 is 2.05 bits per heavy atom. The van der Waals surface area contributed by atoms with E-state index >= 15 is 0 Å². The number of amides is 1. The molecular weight excluding hydrogens is 298 g/mol. The first-order valence-corrected chi connectivity index (χ1v) is 8.33. The van der Waals surface area contributed by atoms with Gasteiger partial charge in [0.15, 0.2) is 0 Å². The van der Waals surface area contributed by atoms with Crippen LogP contribution in [0.1, 0.15) is 18.4 Å². The molecule has 2 rings (SSSR count). The highest BCUT2D eigenvalue weighted by Crippen LogP contribution is 2.47. The molecule has 1 saturated heterocycles. The number of benzene rings is 1. The third-order valence-electron chi connectivity index (χ3n) is 3.58. The number of hydrogen-bond donors (Lipinski definition) is 3. The van der Waals surface area contributed by atoms with Crippen LogP contribution in [-0.2, 0) is 15.8 Å². The number of halogens is 1. The molecule has 1 aromatic carbocycles. The smallest absolute Gasteiger partial charge is 0.327 e. The average molecular weight is 316 g/mol. The second kappa shape index (κ2) is 6.23. The molecule has 1 fully saturated rings. The van der Waals surface area contributed by atoms with Gasteiger partial charge in [-0.1, -0.05) is 12.1 Å². The Bertz CT molecular complexity index is 560. The summed E-state index contributed by atoms with van der Waals surface area (Å²) in [5, 5.41) is 0. The minimum absolute atomic E-state index is 0.198. The fraction of sp³-hybridized carbons (Fsp3) is 0.462. The van der Waals surface area contributed by atoms with E-state index in [1.165, 1.54) is 29.2 Å². The van der Waals surface area contributed by atoms with E-state index in [1.54, 1.807) is 0 Å². The van der Waals surface area contributed by atoms with Gasteiger partial charge in [0.25, 0.3) is 0 Å². The Morgan fingerprint density at radius 3 is 2.62 bits per heavy atom. The molecule has 1 aliphatic rings. The number of carbonyl (C=O) groups excluding carboxylic acids is 1. The lowest BCUT2D eigenvalue weighted by atomic mass is 10.1. The number of carbonyl (C=O) groups is 1. The van der Waals surface area contributed by atoms with Crippen LogP contribution in [-0.4, -0.2) is 39.0 Å². The van der Waals surface area contributed by atoms with Crippen molar-refractivity contribution in [3.05, 3.63) is 35.6 Å². The highest BCUT2D eigenvalue weighted by atomic mass is 31.2. The van der Waals surface area contributed by atoms with Gasteiger partial charge in [-0.15, -0.1) is 0 Å². The molecule has 0 radical (unpaired) electrons. The fourth-order valence-electron chi connectivity index (χ4n) is 2.53. The second-order valence-corrected chi connectivity index (χ2v) is 6.95. The lowest BCUT2D eigenvalue weighted by Crippen LogP contribution is -2.46. The van der Waals surface area contributed by atoms with Crippen LogP contribution in [0.25, 0.3) is 0 Å². The number of nitrogens with zero attached hydrogens (tertiary/aromatic N) is 1. The predicted octanol–water partition coefficient (Wildman–Crippen LogP) is 0.822. The van der Waals surface area contributed by atoms with Gasteiger partial charge in [-0.25, -0.2) is 4.39 Å². The van der Waals surface area contributed by atoms with Crippen molar-refractivity contribution in [1.82, 2.24) is 4.90 Å². The first kappa shape index (κ1) is 16.1. The van der Waals surface area contributed by atoms with Gasteiger partial charge in [-0.3, -0.25) is 9.36 Å². The summed E-state index contributed by atoms with van der Waals surface area (Å²) in [7, 11) is -4.35. The molecule has 0 spiro atoms. The first-order valence-electron chi connectivity index (χ1n) is 6.65. The summed E-state index contributed by atoms with van der Waals surface area (Å²) in [6.07, 6.45) is 1.02. The molecule has 1 aromatic rings. The van der Waals surface area contributed by atoms with Crippen LogP contribution in [0.3, 0.4) is 0 Å². The van der Waals surface area contributed by atoms with Crippen molar-refractivity contribution in [3.8, 4) is 0 Å². The quantitative estimate of drug-likeness (QED) is 0.714. The SMILES string of the molecule is N[C@@H](Cc1ccc(F)cc1)C(=O)N1CCC[C@@H]1P(=O)(O)O. The number of hydrogen-bond acceptors (Lipinski definition) is 3. The molecular formula is C13H18FN2O4P. The monoisotopic (exact) mass is 316 g/mol. The van der Waals surface area contributed by atoms with E-state index < -0.39 is 25.3 Å². The van der Waals surface area contributed by atoms with Crippen molar-refractivity contribution < 1.29 is 23.5 Å². The van der Waals surface area contributed by atoms with Crippen LogP contribution < -0.4 is 5.73 Å². The summed E-state index contributed by atoms with van der Waals surface area (Å²) in [4.78, 5) is 32.0. The van der Waals surface area contributed by atoms with E-state index in [2.05, 4.69) is 0 Å². The molecule has 8 heteroatoms. The Kier molecular flexibility index (Phi) is 4.78. The summed E-state index contributed by atoms with van der Waals surface area (Å²) >= 11 is 0. The molecule has 4 N–H and O–H groups in total. The molecule has 1 amide bonds. The molecule has 0 saturated carbocycles. The van der Waals surface area contributed by atoms with Crippen LogP contribution in [0.2, 0.25) is 0 Å². The van der Waals surface area contributed by atoms with Gasteiger partial charge >= 0.3 is 7.60 Å². The Balaban J connectivity index is 2.05. The number of likely N-dealkylation sites (tertiary alicyclic amines) is 1. The van der Waals surface area contributed by atoms with Gasteiger partial charge in [0.1, 0.15) is 11.6 Å². The lowest BCUT2D eigenvalue weighted by molar-refractivity contribution is -0.132. The second-order valence-electron chi connectivity index (χ2n) is 5.18. The normalized spacial score (nSPS) is 20.6. The maximum Gasteiger partial charge on any atom is 0.347 e. The molecule has 0 aromatic heterocycles. The van der Waals surface area contributed by atoms with Crippen LogP contribution in [0, 0.1) is 5.82 Å². The molecule has 0 unspecified atom stereocenters. The van der Waals surface area contributed by atoms with E-state index in [0.29, 0.717) is 18.5 Å². The van der Waals surface area contributed by atoms with Gasteiger partial charge in [-0.2, -0.15) is 0 Å². The van der Waals surface area contributed by atoms with Gasteiger partial charge < -0.3 is 20.4 Å². The highest BCUT2D eigenvalue weighted by molar-refractivity contribution is 7.52. The van der Waals surface area contributed by atoms with Crippen molar-refractivity contribution in [2.45, 2.75) is 31.1 Å². The molecule has 1 heterocycles. The van der Waals surface area contributed by atoms with Gasteiger partial charge in [-0.05, 0) is 37.0 Å². The van der Waals surface area contributed by atoms with Crippen LogP contribution in [0.15, 0.2) is 24.3 Å². The molecule has 6 nitrogen and oxygen atoms in total. The maximum atomic E-state index is 12.8. The third kappa shape index (κ3) is 3.89. The van der Waals surface area contributed by atoms with Crippen molar-refractivity contribution in [2.75, 3.05) is 6.54 Å². The number of nitrogens with two attached hydrogens (primary N) is 1. The van der Waals surface area contributed by atoms with Crippen LogP contribution in [0.5, 0.6) is 0 Å². The zero-order valence-electron chi connectivity index (χ0n) is 11.4. The standard InChI is InChI=1S/C13H18FN2O4P/c14-10-5-3-9(4-6-10)8-11(15)13(17)16-7-1-2-12(16)21(18,19)20/h3-6,11-12H,1-2,7-8,15H2,(H2,18,19,20)/t11-,12-/m0/s1. The zero-order chi connectivity index (χ0) is 15.6. The lowest BCUT2D eigenvalue weighted by Gasteiger charge is -2.27. The largest absolute Gasteiger partial charge is 0.347 e. The van der Waals surface area contributed by atoms with E-state index in [4.69, 9.17) is 5.73 Å². The number of rotatable bonds is 4. The van der Waals surface area contributed by atoms with Crippen molar-refractivity contribution in [2.24, 2.45) is 5.73 Å². The Labute approximate surface area is 121 Å². The fourth-order valence-corrected chi connectivity index (χ4v) is 3.64. The average Bonchev–Trinajstić information content (AvgIpc) is 2.89. The molecule has 21 heavy (non-hydrogen) atoms. The predicted molar refractivity (Wildman–Crippen MR) is 74.9 cm³/mol. The summed E-state index contributed by atoms with van der Waals surface area (Å²) in [5.74, 6) is -1.94. The van der Waals surface area contributed by atoms with E-state index in [-0.39, 0.29) is 18.7 Å². The zero-order valence-corrected chi connectivity index (χ0v) is 12.2. The van der Waals surface area contributed by atoms with Gasteiger partial charge in [0, 0.05) is 6.54 Å². The first-order chi connectivity index (χ1) is 9.79. The van der Waals surface area contributed by atoms with Crippen LogP contribution in [0.4, 0.5) is 4.39 Å². The van der Waals surface area contributed by atoms with Gasteiger partial charge in [0.05, 0.1) is 6.04 Å².